The van der Waals surface area contributed by atoms with Crippen LogP contribution in [0.4, 0.5) is 34.6 Å². The zero-order valence-electron chi connectivity index (χ0n) is 23.9. The summed E-state index contributed by atoms with van der Waals surface area (Å²) < 4.78 is 68.8. The lowest BCUT2D eigenvalue weighted by Crippen LogP contribution is -2.37. The Balaban J connectivity index is 1.81. The van der Waals surface area contributed by atoms with Crippen molar-refractivity contribution in [3.8, 4) is 22.6 Å². The number of amides is 2. The molecule has 0 aliphatic heterocycles. The van der Waals surface area contributed by atoms with Crippen molar-refractivity contribution >= 4 is 41.0 Å². The van der Waals surface area contributed by atoms with Gasteiger partial charge in [-0.1, -0.05) is 11.6 Å². The summed E-state index contributed by atoms with van der Waals surface area (Å²) in [5, 5.41) is 7.84. The van der Waals surface area contributed by atoms with Crippen LogP contribution in [0.5, 0.6) is 11.5 Å². The van der Waals surface area contributed by atoms with Crippen molar-refractivity contribution in [1.29, 1.82) is 0 Å². The number of benzene rings is 3. The van der Waals surface area contributed by atoms with E-state index >= 15 is 4.39 Å². The lowest BCUT2D eigenvalue weighted by Gasteiger charge is -2.30. The minimum Gasteiger partial charge on any atom is -0.493 e. The molecule has 4 aromatic rings. The summed E-state index contributed by atoms with van der Waals surface area (Å²) in [4.78, 5) is 31.5. The second kappa shape index (κ2) is 13.2. The van der Waals surface area contributed by atoms with E-state index in [4.69, 9.17) is 21.1 Å². The van der Waals surface area contributed by atoms with Crippen LogP contribution in [0.2, 0.25) is 5.02 Å². The van der Waals surface area contributed by atoms with Gasteiger partial charge in [0.15, 0.2) is 23.1 Å². The third kappa shape index (κ3) is 7.02. The topological polar surface area (TPSA) is 104 Å². The predicted molar refractivity (Wildman–Crippen MR) is 157 cm³/mol. The van der Waals surface area contributed by atoms with Crippen molar-refractivity contribution in [1.82, 2.24) is 15.2 Å². The molecule has 3 aromatic carbocycles. The Hall–Kier alpha value is -4.85. The number of carbonyl (C=O) groups excluding carboxylic acids is 2. The summed E-state index contributed by atoms with van der Waals surface area (Å²) in [6.45, 7) is -0.561. The molecule has 0 aliphatic rings. The van der Waals surface area contributed by atoms with E-state index in [1.54, 1.807) is 24.3 Å². The molecule has 44 heavy (non-hydrogen) atoms. The lowest BCUT2D eigenvalue weighted by atomic mass is 9.97. The zero-order chi connectivity index (χ0) is 32.2. The highest BCUT2D eigenvalue weighted by Crippen LogP contribution is 2.46. The van der Waals surface area contributed by atoms with E-state index in [0.29, 0.717) is 22.9 Å². The number of rotatable bonds is 11. The van der Waals surface area contributed by atoms with Crippen molar-refractivity contribution in [2.45, 2.75) is 12.8 Å². The van der Waals surface area contributed by atoms with Gasteiger partial charge in [-0.25, -0.2) is 4.39 Å². The Morgan fingerprint density at radius 3 is 2.39 bits per heavy atom. The minimum atomic E-state index is -4.82. The van der Waals surface area contributed by atoms with Crippen LogP contribution in [0.25, 0.3) is 11.1 Å². The van der Waals surface area contributed by atoms with Crippen LogP contribution in [0.3, 0.4) is 0 Å². The Bertz CT molecular complexity index is 1630. The van der Waals surface area contributed by atoms with Crippen LogP contribution >= 0.6 is 11.6 Å². The monoisotopic (exact) mass is 634 g/mol. The number of alkyl halides is 3. The van der Waals surface area contributed by atoms with E-state index in [-0.39, 0.29) is 47.2 Å². The third-order valence-corrected chi connectivity index (χ3v) is 6.91. The van der Waals surface area contributed by atoms with Crippen LogP contribution in [0.1, 0.15) is 11.4 Å². The number of aromatic amines is 1. The first-order valence-electron chi connectivity index (χ1n) is 12.9. The highest BCUT2D eigenvalue weighted by Gasteiger charge is 2.34. The number of H-pyrrole nitrogens is 1. The number of carbonyl (C=O) groups is 2. The second-order valence-electron chi connectivity index (χ2n) is 9.60. The molecule has 2 amide bonds. The summed E-state index contributed by atoms with van der Waals surface area (Å²) in [5.41, 5.74) is -0.868. The summed E-state index contributed by atoms with van der Waals surface area (Å²) >= 11 is 5.93. The number of hydrogen-bond acceptors (Lipinski definition) is 7. The van der Waals surface area contributed by atoms with E-state index in [2.05, 4.69) is 15.2 Å². The molecule has 1 heterocycles. The van der Waals surface area contributed by atoms with Gasteiger partial charge in [0.1, 0.15) is 12.9 Å². The maximum absolute atomic E-state index is 15.4. The number of nitrogens with zero attached hydrogens (tertiary/aromatic N) is 5. The maximum atomic E-state index is 15.4. The molecule has 15 heteroatoms. The van der Waals surface area contributed by atoms with Crippen molar-refractivity contribution in [3.63, 3.8) is 0 Å². The fraction of sp³-hybridized carbons (Fsp3) is 0.241. The van der Waals surface area contributed by atoms with Gasteiger partial charge < -0.3 is 29.2 Å². The quantitative estimate of drug-likeness (QED) is 0.170. The molecule has 1 aromatic heterocycles. The van der Waals surface area contributed by atoms with Gasteiger partial charge in [0.05, 0.1) is 30.6 Å². The van der Waals surface area contributed by atoms with E-state index in [9.17, 15) is 22.8 Å². The second-order valence-corrected chi connectivity index (χ2v) is 10.0. The molecule has 0 spiro atoms. The summed E-state index contributed by atoms with van der Waals surface area (Å²) in [7, 11) is 5.50. The van der Waals surface area contributed by atoms with E-state index < -0.39 is 23.5 Å². The molecule has 232 valence electrons. The largest absolute Gasteiger partial charge is 0.493 e. The lowest BCUT2D eigenvalue weighted by molar-refractivity contribution is -0.137. The molecule has 10 nitrogen and oxygen atoms in total. The highest BCUT2D eigenvalue weighted by atomic mass is 35.5. The fourth-order valence-electron chi connectivity index (χ4n) is 4.38. The van der Waals surface area contributed by atoms with Gasteiger partial charge in [-0.3, -0.25) is 9.59 Å². The number of anilines is 3. The smallest absolute Gasteiger partial charge is 0.416 e. The standard InChI is InChI=1S/C29H27ClF4N6O4/c1-38(13-26(42)40(3)20-7-5-19(30)6-8-20)23-12-18(29(32,33)34)11-21(27(23)39(2)16-41)17-9-22(31)28(24(10-17)43-4)44-14-25-35-15-36-37-25/h5-12,15-16H,13-14H2,1-4H3,(H,35,36,37). The molecule has 0 bridgehead atoms. The number of methoxy groups -OCH3 is 1. The van der Waals surface area contributed by atoms with Crippen LogP contribution in [-0.4, -0.2) is 62.3 Å². The Morgan fingerprint density at radius 2 is 1.80 bits per heavy atom. The number of ether oxygens (including phenoxy) is 2. The van der Waals surface area contributed by atoms with Gasteiger partial charge >= 0.3 is 6.18 Å². The fourth-order valence-corrected chi connectivity index (χ4v) is 4.50. The highest BCUT2D eigenvalue weighted by molar-refractivity contribution is 6.30. The first kappa shape index (κ1) is 32.1. The molecule has 0 atom stereocenters. The van der Waals surface area contributed by atoms with Crippen LogP contribution in [0.15, 0.2) is 54.9 Å². The van der Waals surface area contributed by atoms with Crippen molar-refractivity contribution < 1.29 is 36.6 Å². The molecule has 0 aliphatic carbocycles. The van der Waals surface area contributed by atoms with Crippen molar-refractivity contribution in [2.75, 3.05) is 49.5 Å². The van der Waals surface area contributed by atoms with E-state index in [1.165, 1.54) is 50.4 Å². The van der Waals surface area contributed by atoms with E-state index in [1.807, 2.05) is 0 Å². The van der Waals surface area contributed by atoms with Crippen LogP contribution < -0.4 is 24.2 Å². The SMILES string of the molecule is COc1cc(-c2cc(C(F)(F)F)cc(N(C)CC(=O)N(C)c3ccc(Cl)cc3)c2N(C)C=O)cc(F)c1OCc1nnc[nH]1. The molecule has 0 radical (unpaired) electrons. The van der Waals surface area contributed by atoms with Crippen LogP contribution in [0, 0.1) is 5.82 Å². The zero-order valence-corrected chi connectivity index (χ0v) is 24.7. The summed E-state index contributed by atoms with van der Waals surface area (Å²) in [6.07, 6.45) is -3.12. The number of halogens is 5. The van der Waals surface area contributed by atoms with Gasteiger partial charge in [-0.15, -0.1) is 10.2 Å². The molecular weight excluding hydrogens is 608 g/mol. The Kier molecular flexibility index (Phi) is 9.62. The first-order chi connectivity index (χ1) is 20.8. The third-order valence-electron chi connectivity index (χ3n) is 6.66. The molecule has 0 unspecified atom stereocenters. The number of aromatic nitrogens is 3. The van der Waals surface area contributed by atoms with Crippen LogP contribution in [-0.2, 0) is 22.4 Å². The minimum absolute atomic E-state index is 0.00535. The van der Waals surface area contributed by atoms with Gasteiger partial charge in [0.2, 0.25) is 12.3 Å². The molecule has 0 fully saturated rings. The normalized spacial score (nSPS) is 11.2. The van der Waals surface area contributed by atoms with Crippen molar-refractivity contribution in [2.24, 2.45) is 0 Å². The maximum Gasteiger partial charge on any atom is 0.416 e. The van der Waals surface area contributed by atoms with Gasteiger partial charge in [-0.2, -0.15) is 13.2 Å². The molecule has 4 rings (SSSR count). The molecular formula is C29H27ClF4N6O4. The number of nitrogens with one attached hydrogen (secondary N) is 1. The average Bonchev–Trinajstić information content (AvgIpc) is 3.52. The number of hydrogen-bond donors (Lipinski definition) is 1. The number of likely N-dealkylation sites (N-methyl/N-ethyl adjacent to an activating group) is 2. The van der Waals surface area contributed by atoms with E-state index in [0.717, 1.165) is 23.1 Å². The van der Waals surface area contributed by atoms with Crippen molar-refractivity contribution in [3.05, 3.63) is 77.1 Å². The summed E-state index contributed by atoms with van der Waals surface area (Å²) in [5.74, 6) is -1.53. The molecule has 0 saturated carbocycles. The van der Waals surface area contributed by atoms with Gasteiger partial charge in [-0.05, 0) is 54.1 Å². The molecule has 0 saturated heterocycles. The average molecular weight is 635 g/mol. The molecule has 1 N–H and O–H groups in total. The van der Waals surface area contributed by atoms with Gasteiger partial charge in [0.25, 0.3) is 0 Å². The first-order valence-corrected chi connectivity index (χ1v) is 13.2. The van der Waals surface area contributed by atoms with Gasteiger partial charge in [0, 0.05) is 37.4 Å². The predicted octanol–water partition coefficient (Wildman–Crippen LogP) is 5.56. The summed E-state index contributed by atoms with van der Waals surface area (Å²) in [6, 6.07) is 10.3. The Labute approximate surface area is 254 Å². The Morgan fingerprint density at radius 1 is 1.09 bits per heavy atom.